The maximum Gasteiger partial charge on any atom is 0.0485 e. The number of fused-ring (bicyclic) bond motifs is 2. The van der Waals surface area contributed by atoms with Crippen molar-refractivity contribution in [2.45, 2.75) is 32.7 Å². The molecule has 5 rings (SSSR count). The van der Waals surface area contributed by atoms with E-state index in [1.54, 1.807) is 0 Å². The molecule has 2 heteroatoms. The summed E-state index contributed by atoms with van der Waals surface area (Å²) in [6.07, 6.45) is 4.75. The predicted molar refractivity (Wildman–Crippen MR) is 98.0 cm³/mol. The van der Waals surface area contributed by atoms with E-state index in [0.29, 0.717) is 0 Å². The van der Waals surface area contributed by atoms with Gasteiger partial charge in [-0.1, -0.05) is 36.4 Å². The number of aromatic nitrogens is 2. The minimum Gasteiger partial charge on any atom is -0.361 e. The molecule has 116 valence electrons. The van der Waals surface area contributed by atoms with Crippen molar-refractivity contribution in [1.29, 1.82) is 0 Å². The summed E-state index contributed by atoms with van der Waals surface area (Å²) in [5.74, 6) is 0. The maximum atomic E-state index is 3.19. The molecule has 0 radical (unpaired) electrons. The number of nitrogens with zero attached hydrogens (tertiary/aromatic N) is 1. The number of hydrogen-bond donors (Lipinski definition) is 1. The van der Waals surface area contributed by atoms with Crippen LogP contribution in [0.25, 0.3) is 21.8 Å². The highest BCUT2D eigenvalue weighted by atomic mass is 15.0. The average molecular weight is 302 g/mol. The zero-order valence-corrected chi connectivity index (χ0v) is 13.7. The fourth-order valence-corrected chi connectivity index (χ4v) is 3.35. The first-order valence-electron chi connectivity index (χ1n) is 8.33. The summed E-state index contributed by atoms with van der Waals surface area (Å²) < 4.78 is 2.48. The van der Waals surface area contributed by atoms with Crippen LogP contribution in [0.2, 0.25) is 0 Å². The number of para-hydroxylation sites is 2. The maximum absolute atomic E-state index is 3.19. The molecule has 2 aromatic carbocycles. The molecule has 0 saturated heterocycles. The van der Waals surface area contributed by atoms with Gasteiger partial charge in [0.25, 0.3) is 0 Å². The smallest absolute Gasteiger partial charge is 0.0485 e. The molecule has 4 aromatic rings. The second-order valence-corrected chi connectivity index (χ2v) is 6.46. The quantitative estimate of drug-likeness (QED) is 0.461. The van der Waals surface area contributed by atoms with Crippen LogP contribution in [-0.4, -0.2) is 9.55 Å². The molecular formula is C21H22N2. The highest BCUT2D eigenvalue weighted by Crippen LogP contribution is 2.39. The molecule has 1 aliphatic rings. The first-order valence-corrected chi connectivity index (χ1v) is 8.33. The molecule has 0 bridgehead atoms. The highest BCUT2D eigenvalue weighted by molar-refractivity contribution is 5.82. The van der Waals surface area contributed by atoms with Gasteiger partial charge in [-0.05, 0) is 55.8 Å². The highest BCUT2D eigenvalue weighted by Gasteiger charge is 2.25. The van der Waals surface area contributed by atoms with E-state index in [1.807, 2.05) is 12.3 Å². The third kappa shape index (κ3) is 2.65. The van der Waals surface area contributed by atoms with Gasteiger partial charge >= 0.3 is 0 Å². The predicted octanol–water partition coefficient (Wildman–Crippen LogP) is 5.76. The Kier molecular flexibility index (Phi) is 3.45. The topological polar surface area (TPSA) is 20.7 Å². The van der Waals surface area contributed by atoms with Crippen LogP contribution in [0.4, 0.5) is 0 Å². The van der Waals surface area contributed by atoms with Crippen LogP contribution in [0.3, 0.4) is 0 Å². The molecule has 0 amide bonds. The second kappa shape index (κ2) is 5.62. The monoisotopic (exact) mass is 302 g/mol. The zero-order chi connectivity index (χ0) is 15.8. The number of hydrogen-bond acceptors (Lipinski definition) is 0. The molecule has 0 spiro atoms. The molecule has 2 aromatic heterocycles. The first-order chi connectivity index (χ1) is 11.2. The van der Waals surface area contributed by atoms with Crippen LogP contribution in [0.15, 0.2) is 60.8 Å². The Morgan fingerprint density at radius 3 is 2.48 bits per heavy atom. The SMILES string of the molecule is Cc1c[nH]c2ccccc12.Cc1cc2ccccc2n1C1CC1. The molecule has 0 unspecified atom stereocenters. The Bertz CT molecular complexity index is 954. The molecule has 2 nitrogen and oxygen atoms in total. The fraction of sp³-hybridized carbons (Fsp3) is 0.238. The van der Waals surface area contributed by atoms with Gasteiger partial charge in [0, 0.05) is 34.4 Å². The van der Waals surface area contributed by atoms with Gasteiger partial charge in [-0.25, -0.2) is 0 Å². The number of aromatic amines is 1. The van der Waals surface area contributed by atoms with E-state index in [0.717, 1.165) is 6.04 Å². The zero-order valence-electron chi connectivity index (χ0n) is 13.7. The van der Waals surface area contributed by atoms with Crippen molar-refractivity contribution in [3.63, 3.8) is 0 Å². The minimum absolute atomic E-state index is 0.792. The Morgan fingerprint density at radius 1 is 0.957 bits per heavy atom. The number of rotatable bonds is 1. The summed E-state index contributed by atoms with van der Waals surface area (Å²) >= 11 is 0. The van der Waals surface area contributed by atoms with Crippen LogP contribution < -0.4 is 0 Å². The van der Waals surface area contributed by atoms with Gasteiger partial charge in [-0.2, -0.15) is 0 Å². The van der Waals surface area contributed by atoms with Crippen LogP contribution >= 0.6 is 0 Å². The molecule has 1 fully saturated rings. The third-order valence-electron chi connectivity index (χ3n) is 4.65. The molecule has 0 atom stereocenters. The lowest BCUT2D eigenvalue weighted by Crippen LogP contribution is -1.94. The first kappa shape index (κ1) is 14.1. The van der Waals surface area contributed by atoms with E-state index < -0.39 is 0 Å². The van der Waals surface area contributed by atoms with Crippen LogP contribution in [-0.2, 0) is 0 Å². The molecule has 1 aliphatic carbocycles. The summed E-state index contributed by atoms with van der Waals surface area (Å²) in [6.45, 7) is 4.32. The van der Waals surface area contributed by atoms with Crippen molar-refractivity contribution in [2.75, 3.05) is 0 Å². The lowest BCUT2D eigenvalue weighted by atomic mass is 10.2. The van der Waals surface area contributed by atoms with Gasteiger partial charge in [0.1, 0.15) is 0 Å². The van der Waals surface area contributed by atoms with Crippen molar-refractivity contribution in [3.8, 4) is 0 Å². The largest absolute Gasteiger partial charge is 0.361 e. The average Bonchev–Trinajstić information content (AvgIpc) is 3.25. The van der Waals surface area contributed by atoms with Gasteiger partial charge in [-0.15, -0.1) is 0 Å². The normalized spacial score (nSPS) is 14.0. The van der Waals surface area contributed by atoms with Crippen LogP contribution in [0.5, 0.6) is 0 Å². The summed E-state index contributed by atoms with van der Waals surface area (Å²) in [5.41, 5.74) is 5.35. The third-order valence-corrected chi connectivity index (χ3v) is 4.65. The summed E-state index contributed by atoms with van der Waals surface area (Å²) in [4.78, 5) is 3.19. The van der Waals surface area contributed by atoms with E-state index >= 15 is 0 Å². The van der Waals surface area contributed by atoms with Crippen LogP contribution in [0, 0.1) is 13.8 Å². The lowest BCUT2D eigenvalue weighted by molar-refractivity contribution is 0.749. The minimum atomic E-state index is 0.792. The van der Waals surface area contributed by atoms with Crippen molar-refractivity contribution in [1.82, 2.24) is 9.55 Å². The Labute approximate surface area is 136 Å². The van der Waals surface area contributed by atoms with E-state index in [2.05, 4.69) is 71.9 Å². The standard InChI is InChI=1S/C12H13N.C9H9N/c1-9-8-10-4-2-3-5-12(10)13(9)11-6-7-11;1-7-6-10-9-5-3-2-4-8(7)9/h2-5,8,11H,6-7H2,1H3;2-6,10H,1H3. The van der Waals surface area contributed by atoms with Gasteiger partial charge in [0.05, 0.1) is 0 Å². The van der Waals surface area contributed by atoms with E-state index in [4.69, 9.17) is 0 Å². The molecule has 1 saturated carbocycles. The number of aryl methyl sites for hydroxylation is 2. The summed E-state index contributed by atoms with van der Waals surface area (Å²) in [6, 6.07) is 20.0. The van der Waals surface area contributed by atoms with Crippen molar-refractivity contribution < 1.29 is 0 Å². The van der Waals surface area contributed by atoms with Crippen molar-refractivity contribution in [2.24, 2.45) is 0 Å². The van der Waals surface area contributed by atoms with E-state index in [1.165, 1.54) is 45.9 Å². The van der Waals surface area contributed by atoms with E-state index in [-0.39, 0.29) is 0 Å². The summed E-state index contributed by atoms with van der Waals surface area (Å²) in [5, 5.41) is 2.70. The molecule has 1 N–H and O–H groups in total. The number of H-pyrrole nitrogens is 1. The summed E-state index contributed by atoms with van der Waals surface area (Å²) in [7, 11) is 0. The Balaban J connectivity index is 0.000000122. The van der Waals surface area contributed by atoms with Gasteiger partial charge < -0.3 is 9.55 Å². The molecule has 2 heterocycles. The van der Waals surface area contributed by atoms with Gasteiger partial charge in [0.15, 0.2) is 0 Å². The fourth-order valence-electron chi connectivity index (χ4n) is 3.35. The van der Waals surface area contributed by atoms with Crippen LogP contribution in [0.1, 0.15) is 30.1 Å². The molecule has 23 heavy (non-hydrogen) atoms. The van der Waals surface area contributed by atoms with Crippen molar-refractivity contribution in [3.05, 3.63) is 72.1 Å². The lowest BCUT2D eigenvalue weighted by Gasteiger charge is -2.04. The second-order valence-electron chi connectivity index (χ2n) is 6.46. The Morgan fingerprint density at radius 2 is 1.70 bits per heavy atom. The number of nitrogens with one attached hydrogen (secondary N) is 1. The number of benzene rings is 2. The van der Waals surface area contributed by atoms with Gasteiger partial charge in [-0.3, -0.25) is 0 Å². The van der Waals surface area contributed by atoms with E-state index in [9.17, 15) is 0 Å². The molecule has 0 aliphatic heterocycles. The Hall–Kier alpha value is -2.48. The van der Waals surface area contributed by atoms with Crippen molar-refractivity contribution >= 4 is 21.8 Å². The molecular weight excluding hydrogens is 280 g/mol. The van der Waals surface area contributed by atoms with Gasteiger partial charge in [0.2, 0.25) is 0 Å².